The van der Waals surface area contributed by atoms with Crippen LogP contribution in [0, 0.1) is 0 Å². The molecule has 84 valence electrons. The fourth-order valence-electron chi connectivity index (χ4n) is 1.36. The van der Waals surface area contributed by atoms with E-state index in [1.54, 1.807) is 23.0 Å². The van der Waals surface area contributed by atoms with Gasteiger partial charge in [-0.05, 0) is 12.0 Å². The molecule has 0 unspecified atom stereocenters. The highest BCUT2D eigenvalue weighted by molar-refractivity contribution is 6.17. The molecule has 0 atom stereocenters. The predicted molar refractivity (Wildman–Crippen MR) is 58.8 cm³/mol. The molecule has 0 spiro atoms. The van der Waals surface area contributed by atoms with Crippen LogP contribution in [0.25, 0.3) is 5.65 Å². The van der Waals surface area contributed by atoms with Crippen LogP contribution in [0.4, 0.5) is 0 Å². The van der Waals surface area contributed by atoms with Crippen molar-refractivity contribution in [1.29, 1.82) is 0 Å². The molecule has 0 saturated heterocycles. The molecule has 6 heteroatoms. The van der Waals surface area contributed by atoms with Gasteiger partial charge in [0.2, 0.25) is 0 Å². The first-order valence-corrected chi connectivity index (χ1v) is 5.26. The standard InChI is InChI=1S/C10H10ClN3O2/c1-16-10(15)8-4-9-12-5-7(2-3-11)6-14(9)13-8/h4-6H,2-3H2,1H3. The molecule has 0 amide bonds. The van der Waals surface area contributed by atoms with Crippen LogP contribution in [-0.2, 0) is 11.2 Å². The lowest BCUT2D eigenvalue weighted by atomic mass is 10.3. The molecule has 2 aromatic heterocycles. The smallest absolute Gasteiger partial charge is 0.358 e. The van der Waals surface area contributed by atoms with Gasteiger partial charge in [-0.25, -0.2) is 14.3 Å². The molecule has 2 rings (SSSR count). The topological polar surface area (TPSA) is 56.5 Å². The molecular formula is C10H10ClN3O2. The third kappa shape index (κ3) is 1.99. The third-order valence-electron chi connectivity index (χ3n) is 2.14. The molecule has 2 heterocycles. The van der Waals surface area contributed by atoms with Crippen molar-refractivity contribution in [3.05, 3.63) is 29.7 Å². The maximum absolute atomic E-state index is 11.2. The molecule has 0 radical (unpaired) electrons. The van der Waals surface area contributed by atoms with Crippen LogP contribution in [0.15, 0.2) is 18.5 Å². The van der Waals surface area contributed by atoms with Crippen molar-refractivity contribution >= 4 is 23.2 Å². The number of nitrogens with zero attached hydrogens (tertiary/aromatic N) is 3. The van der Waals surface area contributed by atoms with Gasteiger partial charge in [0, 0.05) is 24.3 Å². The van der Waals surface area contributed by atoms with Crippen LogP contribution < -0.4 is 0 Å². The van der Waals surface area contributed by atoms with Crippen molar-refractivity contribution in [2.24, 2.45) is 0 Å². The van der Waals surface area contributed by atoms with Crippen molar-refractivity contribution < 1.29 is 9.53 Å². The first kappa shape index (κ1) is 10.9. The Morgan fingerprint density at radius 1 is 1.62 bits per heavy atom. The van der Waals surface area contributed by atoms with Crippen molar-refractivity contribution in [2.75, 3.05) is 13.0 Å². The molecule has 5 nitrogen and oxygen atoms in total. The summed E-state index contributed by atoms with van der Waals surface area (Å²) in [6.45, 7) is 0. The van der Waals surface area contributed by atoms with Gasteiger partial charge in [0.05, 0.1) is 7.11 Å². The number of esters is 1. The Morgan fingerprint density at radius 3 is 3.12 bits per heavy atom. The number of fused-ring (bicyclic) bond motifs is 1. The van der Waals surface area contributed by atoms with Crippen LogP contribution in [0.5, 0.6) is 0 Å². The molecule has 16 heavy (non-hydrogen) atoms. The van der Waals surface area contributed by atoms with Gasteiger partial charge < -0.3 is 4.74 Å². The van der Waals surface area contributed by atoms with Gasteiger partial charge in [0.25, 0.3) is 0 Å². The lowest BCUT2D eigenvalue weighted by Crippen LogP contribution is -2.02. The van der Waals surface area contributed by atoms with Gasteiger partial charge in [0.15, 0.2) is 11.3 Å². The SMILES string of the molecule is COC(=O)c1cc2ncc(CCCl)cn2n1. The Bertz CT molecular complexity index is 524. The normalized spacial score (nSPS) is 10.6. The van der Waals surface area contributed by atoms with Gasteiger partial charge >= 0.3 is 5.97 Å². The zero-order valence-corrected chi connectivity index (χ0v) is 9.44. The first-order valence-electron chi connectivity index (χ1n) is 4.73. The van der Waals surface area contributed by atoms with E-state index in [1.165, 1.54) is 7.11 Å². The quantitative estimate of drug-likeness (QED) is 0.598. The zero-order chi connectivity index (χ0) is 11.5. The number of carbonyl (C=O) groups excluding carboxylic acids is 1. The lowest BCUT2D eigenvalue weighted by molar-refractivity contribution is 0.0593. The second-order valence-electron chi connectivity index (χ2n) is 3.23. The van der Waals surface area contributed by atoms with E-state index in [-0.39, 0.29) is 5.69 Å². The third-order valence-corrected chi connectivity index (χ3v) is 2.33. The number of carbonyl (C=O) groups is 1. The summed E-state index contributed by atoms with van der Waals surface area (Å²) in [7, 11) is 1.32. The molecule has 0 aliphatic rings. The first-order chi connectivity index (χ1) is 7.74. The van der Waals surface area contributed by atoms with Gasteiger partial charge in [0.1, 0.15) is 0 Å². The second-order valence-corrected chi connectivity index (χ2v) is 3.60. The molecule has 2 aromatic rings. The van der Waals surface area contributed by atoms with Crippen LogP contribution in [0.2, 0.25) is 0 Å². The minimum Gasteiger partial charge on any atom is -0.464 e. The molecule has 0 saturated carbocycles. The van der Waals surface area contributed by atoms with Crippen LogP contribution in [0.3, 0.4) is 0 Å². The maximum Gasteiger partial charge on any atom is 0.358 e. The van der Waals surface area contributed by atoms with Crippen LogP contribution in [0.1, 0.15) is 16.1 Å². The summed E-state index contributed by atoms with van der Waals surface area (Å²) in [6.07, 6.45) is 4.25. The molecule has 0 N–H and O–H groups in total. The second kappa shape index (κ2) is 4.49. The predicted octanol–water partition coefficient (Wildman–Crippen LogP) is 1.30. The van der Waals surface area contributed by atoms with E-state index >= 15 is 0 Å². The van der Waals surface area contributed by atoms with Gasteiger partial charge in [-0.2, -0.15) is 5.10 Å². The number of rotatable bonds is 3. The maximum atomic E-state index is 11.2. The highest BCUT2D eigenvalue weighted by Gasteiger charge is 2.11. The van der Waals surface area contributed by atoms with Crippen LogP contribution >= 0.6 is 11.6 Å². The number of ether oxygens (including phenoxy) is 1. The van der Waals surface area contributed by atoms with Crippen molar-refractivity contribution in [2.45, 2.75) is 6.42 Å². The van der Waals surface area contributed by atoms with Crippen molar-refractivity contribution in [1.82, 2.24) is 14.6 Å². The summed E-state index contributed by atoms with van der Waals surface area (Å²) in [4.78, 5) is 15.4. The lowest BCUT2D eigenvalue weighted by Gasteiger charge is -1.97. The fourth-order valence-corrected chi connectivity index (χ4v) is 1.58. The highest BCUT2D eigenvalue weighted by atomic mass is 35.5. The van der Waals surface area contributed by atoms with E-state index in [0.717, 1.165) is 12.0 Å². The van der Waals surface area contributed by atoms with E-state index in [2.05, 4.69) is 14.8 Å². The van der Waals surface area contributed by atoms with E-state index < -0.39 is 5.97 Å². The number of aryl methyl sites for hydroxylation is 1. The average molecular weight is 240 g/mol. The largest absolute Gasteiger partial charge is 0.464 e. The summed E-state index contributed by atoms with van der Waals surface area (Å²) in [5.41, 5.74) is 1.83. The number of hydrogen-bond donors (Lipinski definition) is 0. The van der Waals surface area contributed by atoms with E-state index in [1.807, 2.05) is 0 Å². The number of hydrogen-bond acceptors (Lipinski definition) is 4. The Morgan fingerprint density at radius 2 is 2.44 bits per heavy atom. The Kier molecular flexibility index (Phi) is 3.05. The summed E-state index contributed by atoms with van der Waals surface area (Å²) in [5.74, 6) is 0.0580. The molecule has 0 fully saturated rings. The van der Waals surface area contributed by atoms with E-state index in [0.29, 0.717) is 11.5 Å². The van der Waals surface area contributed by atoms with Gasteiger partial charge in [-0.3, -0.25) is 0 Å². The van der Waals surface area contributed by atoms with E-state index in [9.17, 15) is 4.79 Å². The summed E-state index contributed by atoms with van der Waals surface area (Å²) >= 11 is 5.63. The van der Waals surface area contributed by atoms with Crippen molar-refractivity contribution in [3.63, 3.8) is 0 Å². The Labute approximate surface area is 97.0 Å². The molecule has 0 bridgehead atoms. The molecule has 0 aliphatic heterocycles. The minimum absolute atomic E-state index is 0.248. The van der Waals surface area contributed by atoms with E-state index in [4.69, 9.17) is 11.6 Å². The number of methoxy groups -OCH3 is 1. The Balaban J connectivity index is 2.41. The van der Waals surface area contributed by atoms with Gasteiger partial charge in [-0.15, -0.1) is 11.6 Å². The fraction of sp³-hybridized carbons (Fsp3) is 0.300. The zero-order valence-electron chi connectivity index (χ0n) is 8.68. The summed E-state index contributed by atoms with van der Waals surface area (Å²) in [5, 5.41) is 4.06. The number of alkyl halides is 1. The summed E-state index contributed by atoms with van der Waals surface area (Å²) < 4.78 is 6.13. The monoisotopic (exact) mass is 239 g/mol. The van der Waals surface area contributed by atoms with Crippen LogP contribution in [-0.4, -0.2) is 33.6 Å². The molecule has 0 aliphatic carbocycles. The number of aromatic nitrogens is 3. The Hall–Kier alpha value is -1.62. The number of halogens is 1. The molecule has 0 aromatic carbocycles. The van der Waals surface area contributed by atoms with Crippen molar-refractivity contribution in [3.8, 4) is 0 Å². The molecular weight excluding hydrogens is 230 g/mol. The minimum atomic E-state index is -0.468. The summed E-state index contributed by atoms with van der Waals surface area (Å²) in [6, 6.07) is 1.58. The highest BCUT2D eigenvalue weighted by Crippen LogP contribution is 2.07. The van der Waals surface area contributed by atoms with Gasteiger partial charge in [-0.1, -0.05) is 0 Å². The average Bonchev–Trinajstić information content (AvgIpc) is 2.71.